The second kappa shape index (κ2) is 9.59. The van der Waals surface area contributed by atoms with Crippen LogP contribution in [0.5, 0.6) is 0 Å². The second-order valence-corrected chi connectivity index (χ2v) is 8.97. The number of hydrogen-bond donors (Lipinski definition) is 2. The average Bonchev–Trinajstić information content (AvgIpc) is 3.38. The third-order valence-corrected chi connectivity index (χ3v) is 6.60. The molecule has 0 radical (unpaired) electrons. The highest BCUT2D eigenvalue weighted by molar-refractivity contribution is 5.81. The second-order valence-electron chi connectivity index (χ2n) is 8.97. The van der Waals surface area contributed by atoms with E-state index in [1.54, 1.807) is 0 Å². The predicted octanol–water partition coefficient (Wildman–Crippen LogP) is 4.03. The number of likely N-dealkylation sites (tertiary alicyclic amines) is 1. The van der Waals surface area contributed by atoms with E-state index in [-0.39, 0.29) is 18.9 Å². The minimum atomic E-state index is -4.72. The van der Waals surface area contributed by atoms with Crippen LogP contribution in [0.4, 0.5) is 18.0 Å². The first-order valence-corrected chi connectivity index (χ1v) is 11.2. The number of benzene rings is 2. The summed E-state index contributed by atoms with van der Waals surface area (Å²) in [7, 11) is 0. The number of carbonyl (C=O) groups is 3. The summed E-state index contributed by atoms with van der Waals surface area (Å²) < 4.78 is 44.9. The van der Waals surface area contributed by atoms with Gasteiger partial charge in [0.15, 0.2) is 0 Å². The van der Waals surface area contributed by atoms with E-state index in [0.717, 1.165) is 27.2 Å². The molecule has 35 heavy (non-hydrogen) atoms. The van der Waals surface area contributed by atoms with Crippen molar-refractivity contribution in [3.05, 3.63) is 59.7 Å². The topological polar surface area (TPSA) is 95.9 Å². The molecule has 0 spiro atoms. The van der Waals surface area contributed by atoms with E-state index in [2.05, 4.69) is 5.32 Å². The van der Waals surface area contributed by atoms with E-state index in [9.17, 15) is 27.6 Å². The first-order chi connectivity index (χ1) is 16.6. The fraction of sp³-hybridized carbons (Fsp3) is 0.400. The van der Waals surface area contributed by atoms with Crippen LogP contribution >= 0.6 is 0 Å². The molecule has 2 aromatic rings. The van der Waals surface area contributed by atoms with Gasteiger partial charge in [0.1, 0.15) is 6.61 Å². The Kier molecular flexibility index (Phi) is 6.73. The number of alkyl carbamates (subject to hydrolysis) is 1. The number of rotatable bonds is 6. The van der Waals surface area contributed by atoms with Crippen LogP contribution in [0.15, 0.2) is 48.5 Å². The van der Waals surface area contributed by atoms with Crippen LogP contribution in [0.25, 0.3) is 11.1 Å². The molecule has 2 aromatic carbocycles. The molecule has 0 bridgehead atoms. The summed E-state index contributed by atoms with van der Waals surface area (Å²) in [5, 5.41) is 11.6. The standard InChI is InChI=1S/C25H25F3N2O5/c1-14(10-22(31)30-11-19(23(32)33)21(12-30)25(26,27)28)29-24(34)35-13-20-17-8-4-2-6-15(17)16-7-3-5-9-18(16)20/h2-9,14,19-21H,10-13H2,1H3,(H,29,34)(H,32,33)/t14-,19?,21?/m1/s1. The van der Waals surface area contributed by atoms with Gasteiger partial charge in [-0.1, -0.05) is 48.5 Å². The molecule has 10 heteroatoms. The number of ether oxygens (including phenoxy) is 1. The Morgan fingerprint density at radius 2 is 1.63 bits per heavy atom. The van der Waals surface area contributed by atoms with Crippen LogP contribution in [0.3, 0.4) is 0 Å². The van der Waals surface area contributed by atoms with Crippen molar-refractivity contribution in [2.24, 2.45) is 11.8 Å². The summed E-state index contributed by atoms with van der Waals surface area (Å²) in [5.41, 5.74) is 4.26. The Morgan fingerprint density at radius 1 is 1.06 bits per heavy atom. The minimum Gasteiger partial charge on any atom is -0.481 e. The fourth-order valence-electron chi connectivity index (χ4n) is 4.87. The van der Waals surface area contributed by atoms with E-state index >= 15 is 0 Å². The maximum absolute atomic E-state index is 13.2. The molecule has 1 heterocycles. The van der Waals surface area contributed by atoms with E-state index in [1.165, 1.54) is 6.92 Å². The molecular formula is C25H25F3N2O5. The Bertz CT molecular complexity index is 1090. The smallest absolute Gasteiger partial charge is 0.407 e. The van der Waals surface area contributed by atoms with Crippen molar-refractivity contribution in [3.63, 3.8) is 0 Å². The van der Waals surface area contributed by atoms with E-state index in [4.69, 9.17) is 9.84 Å². The number of aliphatic carboxylic acids is 1. The van der Waals surface area contributed by atoms with Gasteiger partial charge in [0, 0.05) is 31.5 Å². The number of carbonyl (C=O) groups excluding carboxylic acids is 2. The molecule has 4 rings (SSSR count). The lowest BCUT2D eigenvalue weighted by Gasteiger charge is -2.21. The number of hydrogen-bond acceptors (Lipinski definition) is 4. The molecule has 1 fully saturated rings. The van der Waals surface area contributed by atoms with Gasteiger partial charge in [-0.05, 0) is 29.2 Å². The Balaban J connectivity index is 1.31. The lowest BCUT2D eigenvalue weighted by atomic mass is 9.96. The summed E-state index contributed by atoms with van der Waals surface area (Å²) in [6, 6.07) is 15.0. The number of carboxylic acid groups (broad SMARTS) is 1. The molecule has 2 aliphatic rings. The molecular weight excluding hydrogens is 465 g/mol. The summed E-state index contributed by atoms with van der Waals surface area (Å²) in [4.78, 5) is 37.0. The molecule has 1 aliphatic heterocycles. The molecule has 0 aromatic heterocycles. The third kappa shape index (κ3) is 5.11. The summed E-state index contributed by atoms with van der Waals surface area (Å²) >= 11 is 0. The molecule has 7 nitrogen and oxygen atoms in total. The highest BCUT2D eigenvalue weighted by atomic mass is 19.4. The Hall–Kier alpha value is -3.56. The quantitative estimate of drug-likeness (QED) is 0.638. The van der Waals surface area contributed by atoms with Gasteiger partial charge in [0.05, 0.1) is 11.8 Å². The maximum Gasteiger partial charge on any atom is 0.407 e. The molecule has 2 amide bonds. The van der Waals surface area contributed by atoms with Crippen LogP contribution in [-0.4, -0.2) is 59.9 Å². The number of amides is 2. The van der Waals surface area contributed by atoms with Crippen molar-refractivity contribution < 1.29 is 37.4 Å². The van der Waals surface area contributed by atoms with Crippen molar-refractivity contribution in [1.82, 2.24) is 10.2 Å². The van der Waals surface area contributed by atoms with Crippen molar-refractivity contribution >= 4 is 18.0 Å². The number of nitrogens with one attached hydrogen (secondary N) is 1. The van der Waals surface area contributed by atoms with Crippen molar-refractivity contribution in [2.45, 2.75) is 31.5 Å². The molecule has 186 valence electrons. The van der Waals surface area contributed by atoms with Crippen LogP contribution in [0.1, 0.15) is 30.4 Å². The van der Waals surface area contributed by atoms with Gasteiger partial charge in [0.2, 0.25) is 5.91 Å². The Morgan fingerprint density at radius 3 is 2.14 bits per heavy atom. The van der Waals surface area contributed by atoms with Gasteiger partial charge in [0.25, 0.3) is 0 Å². The molecule has 1 aliphatic carbocycles. The van der Waals surface area contributed by atoms with Crippen molar-refractivity contribution in [1.29, 1.82) is 0 Å². The molecule has 1 saturated heterocycles. The van der Waals surface area contributed by atoms with Crippen LogP contribution in [-0.2, 0) is 14.3 Å². The number of carboxylic acids is 1. The van der Waals surface area contributed by atoms with Crippen LogP contribution < -0.4 is 5.32 Å². The van der Waals surface area contributed by atoms with Crippen molar-refractivity contribution in [3.8, 4) is 11.1 Å². The fourth-order valence-corrected chi connectivity index (χ4v) is 4.87. The summed E-state index contributed by atoms with van der Waals surface area (Å²) in [5.74, 6) is -6.21. The highest BCUT2D eigenvalue weighted by Gasteiger charge is 2.53. The minimum absolute atomic E-state index is 0.0835. The maximum atomic E-state index is 13.2. The molecule has 0 saturated carbocycles. The van der Waals surface area contributed by atoms with E-state index in [1.807, 2.05) is 48.5 Å². The van der Waals surface area contributed by atoms with Gasteiger partial charge >= 0.3 is 18.2 Å². The normalized spacial score (nSPS) is 20.2. The highest BCUT2D eigenvalue weighted by Crippen LogP contribution is 2.44. The molecule has 3 atom stereocenters. The van der Waals surface area contributed by atoms with Crippen LogP contribution in [0.2, 0.25) is 0 Å². The number of alkyl halides is 3. The number of halogens is 3. The number of nitrogens with zero attached hydrogens (tertiary/aromatic N) is 1. The number of fused-ring (bicyclic) bond motifs is 3. The van der Waals surface area contributed by atoms with Crippen molar-refractivity contribution in [2.75, 3.05) is 19.7 Å². The zero-order valence-electron chi connectivity index (χ0n) is 18.9. The van der Waals surface area contributed by atoms with Gasteiger partial charge in [-0.2, -0.15) is 13.2 Å². The lowest BCUT2D eigenvalue weighted by molar-refractivity contribution is -0.188. The average molecular weight is 490 g/mol. The molecule has 2 N–H and O–H groups in total. The molecule has 2 unspecified atom stereocenters. The zero-order chi connectivity index (χ0) is 25.3. The monoisotopic (exact) mass is 490 g/mol. The van der Waals surface area contributed by atoms with Gasteiger partial charge in [-0.15, -0.1) is 0 Å². The zero-order valence-corrected chi connectivity index (χ0v) is 18.9. The SMILES string of the molecule is C[C@H](CC(=O)N1CC(C(=O)O)C(C(F)(F)F)C1)NC(=O)OCC1c2ccccc2-c2ccccc21. The summed E-state index contributed by atoms with van der Waals surface area (Å²) in [6.45, 7) is 0.387. The predicted molar refractivity (Wildman–Crippen MR) is 120 cm³/mol. The largest absolute Gasteiger partial charge is 0.481 e. The lowest BCUT2D eigenvalue weighted by Crippen LogP contribution is -2.39. The Labute approximate surface area is 199 Å². The summed E-state index contributed by atoms with van der Waals surface area (Å²) in [6.07, 6.45) is -5.74. The first kappa shape index (κ1) is 24.6. The van der Waals surface area contributed by atoms with E-state index in [0.29, 0.717) is 0 Å². The third-order valence-electron chi connectivity index (χ3n) is 6.60. The van der Waals surface area contributed by atoms with Crippen LogP contribution in [0, 0.1) is 11.8 Å². The van der Waals surface area contributed by atoms with E-state index < -0.39 is 55.1 Å². The van der Waals surface area contributed by atoms with Gasteiger partial charge in [-0.25, -0.2) is 4.79 Å². The first-order valence-electron chi connectivity index (χ1n) is 11.2. The van der Waals surface area contributed by atoms with Gasteiger partial charge in [-0.3, -0.25) is 9.59 Å². The van der Waals surface area contributed by atoms with Gasteiger partial charge < -0.3 is 20.1 Å².